The molecule has 0 spiro atoms. The Balaban J connectivity index is 2.48. The highest BCUT2D eigenvalue weighted by Gasteiger charge is 2.34. The maximum absolute atomic E-state index is 13.0. The van der Waals surface area contributed by atoms with Crippen LogP contribution in [-0.4, -0.2) is 4.98 Å². The van der Waals surface area contributed by atoms with Gasteiger partial charge in [0.1, 0.15) is 5.82 Å². The molecule has 0 amide bonds. The Morgan fingerprint density at radius 3 is 2.42 bits per heavy atom. The normalized spacial score (nSPS) is 13.3. The molecule has 0 saturated heterocycles. The molecular formula is C13H10F4N2. The van der Waals surface area contributed by atoms with Crippen LogP contribution in [0.15, 0.2) is 42.7 Å². The third-order valence-electron chi connectivity index (χ3n) is 2.69. The number of hydrogen-bond acceptors (Lipinski definition) is 2. The summed E-state index contributed by atoms with van der Waals surface area (Å²) >= 11 is 0. The number of nitrogens with two attached hydrogens (primary N) is 1. The molecule has 6 heteroatoms. The molecular weight excluding hydrogens is 260 g/mol. The Morgan fingerprint density at radius 1 is 1.11 bits per heavy atom. The van der Waals surface area contributed by atoms with E-state index in [1.54, 1.807) is 0 Å². The van der Waals surface area contributed by atoms with Crippen LogP contribution >= 0.6 is 0 Å². The van der Waals surface area contributed by atoms with E-state index in [0.717, 1.165) is 18.3 Å². The van der Waals surface area contributed by atoms with E-state index in [2.05, 4.69) is 4.98 Å². The molecule has 0 radical (unpaired) electrons. The highest BCUT2D eigenvalue weighted by atomic mass is 19.4. The summed E-state index contributed by atoms with van der Waals surface area (Å²) in [5.41, 5.74) is 5.03. The molecule has 0 aliphatic rings. The third-order valence-corrected chi connectivity index (χ3v) is 2.69. The number of halogens is 4. The van der Waals surface area contributed by atoms with Crippen molar-refractivity contribution in [3.63, 3.8) is 0 Å². The van der Waals surface area contributed by atoms with E-state index in [4.69, 9.17) is 5.73 Å². The van der Waals surface area contributed by atoms with E-state index < -0.39 is 23.6 Å². The van der Waals surface area contributed by atoms with Crippen molar-refractivity contribution < 1.29 is 17.6 Å². The van der Waals surface area contributed by atoms with Gasteiger partial charge in [0.2, 0.25) is 0 Å². The lowest BCUT2D eigenvalue weighted by atomic mass is 9.96. The van der Waals surface area contributed by atoms with Crippen molar-refractivity contribution in [3.05, 3.63) is 65.2 Å². The smallest absolute Gasteiger partial charge is 0.320 e. The molecule has 0 fully saturated rings. The fraction of sp³-hybridized carbons (Fsp3) is 0.154. The summed E-state index contributed by atoms with van der Waals surface area (Å²) in [5, 5.41) is 0. The minimum absolute atomic E-state index is 0.109. The first-order valence-corrected chi connectivity index (χ1v) is 5.42. The van der Waals surface area contributed by atoms with Crippen molar-refractivity contribution in [3.8, 4) is 0 Å². The summed E-state index contributed by atoms with van der Waals surface area (Å²) in [4.78, 5) is 3.59. The zero-order valence-electron chi connectivity index (χ0n) is 9.66. The summed E-state index contributed by atoms with van der Waals surface area (Å²) in [7, 11) is 0. The van der Waals surface area contributed by atoms with Gasteiger partial charge in [-0.05, 0) is 23.3 Å². The first-order chi connectivity index (χ1) is 8.89. The molecule has 100 valence electrons. The van der Waals surface area contributed by atoms with Crippen molar-refractivity contribution >= 4 is 0 Å². The summed E-state index contributed by atoms with van der Waals surface area (Å²) in [6, 6.07) is 4.95. The van der Waals surface area contributed by atoms with Gasteiger partial charge in [0.15, 0.2) is 0 Å². The topological polar surface area (TPSA) is 38.9 Å². The molecule has 2 N–H and O–H groups in total. The molecule has 1 aromatic heterocycles. The maximum Gasteiger partial charge on any atom is 0.416 e. The molecule has 1 aromatic carbocycles. The molecule has 0 saturated carbocycles. The fourth-order valence-electron chi connectivity index (χ4n) is 1.80. The van der Waals surface area contributed by atoms with Gasteiger partial charge in [-0.1, -0.05) is 18.2 Å². The molecule has 0 bridgehead atoms. The summed E-state index contributed by atoms with van der Waals surface area (Å²) in [6.45, 7) is 0. The second-order valence-corrected chi connectivity index (χ2v) is 4.00. The van der Waals surface area contributed by atoms with Gasteiger partial charge in [-0.15, -0.1) is 0 Å². The quantitative estimate of drug-likeness (QED) is 0.850. The number of benzene rings is 1. The zero-order chi connectivity index (χ0) is 14.0. The second-order valence-electron chi connectivity index (χ2n) is 4.00. The minimum atomic E-state index is -4.50. The van der Waals surface area contributed by atoms with Gasteiger partial charge < -0.3 is 5.73 Å². The van der Waals surface area contributed by atoms with E-state index >= 15 is 0 Å². The van der Waals surface area contributed by atoms with E-state index in [-0.39, 0.29) is 11.1 Å². The van der Waals surface area contributed by atoms with Crippen molar-refractivity contribution in [2.45, 2.75) is 12.2 Å². The van der Waals surface area contributed by atoms with Crippen molar-refractivity contribution in [1.29, 1.82) is 0 Å². The van der Waals surface area contributed by atoms with Crippen LogP contribution in [-0.2, 0) is 6.18 Å². The average molecular weight is 270 g/mol. The van der Waals surface area contributed by atoms with Gasteiger partial charge in [0, 0.05) is 6.20 Å². The van der Waals surface area contributed by atoms with Crippen LogP contribution in [0.2, 0.25) is 0 Å². The van der Waals surface area contributed by atoms with Crippen LogP contribution in [0.4, 0.5) is 17.6 Å². The predicted octanol–water partition coefficient (Wildman–Crippen LogP) is 3.29. The Bertz CT molecular complexity index is 581. The number of hydrogen-bond donors (Lipinski definition) is 1. The lowest BCUT2D eigenvalue weighted by molar-refractivity contribution is -0.138. The summed E-state index contributed by atoms with van der Waals surface area (Å²) in [5.74, 6) is -0.641. The van der Waals surface area contributed by atoms with Crippen LogP contribution in [0.5, 0.6) is 0 Å². The van der Waals surface area contributed by atoms with E-state index in [1.165, 1.54) is 24.4 Å². The SMILES string of the molecule is NC(c1cncc(F)c1)c1ccccc1C(F)(F)F. The molecule has 1 heterocycles. The molecule has 1 atom stereocenters. The first-order valence-electron chi connectivity index (χ1n) is 5.42. The highest BCUT2D eigenvalue weighted by Crippen LogP contribution is 2.35. The Hall–Kier alpha value is -1.95. The van der Waals surface area contributed by atoms with Gasteiger partial charge in [-0.3, -0.25) is 4.98 Å². The fourth-order valence-corrected chi connectivity index (χ4v) is 1.80. The Labute approximate surface area is 106 Å². The van der Waals surface area contributed by atoms with Crippen molar-refractivity contribution in [2.75, 3.05) is 0 Å². The van der Waals surface area contributed by atoms with Crippen LogP contribution in [0.25, 0.3) is 0 Å². The first kappa shape index (κ1) is 13.5. The number of nitrogens with zero attached hydrogens (tertiary/aromatic N) is 1. The Morgan fingerprint density at radius 2 is 1.79 bits per heavy atom. The summed E-state index contributed by atoms with van der Waals surface area (Å²) in [6.07, 6.45) is -2.29. The Kier molecular flexibility index (Phi) is 3.53. The average Bonchev–Trinajstić information content (AvgIpc) is 2.37. The number of alkyl halides is 3. The monoisotopic (exact) mass is 270 g/mol. The minimum Gasteiger partial charge on any atom is -0.320 e. The summed E-state index contributed by atoms with van der Waals surface area (Å²) < 4.78 is 51.6. The predicted molar refractivity (Wildman–Crippen MR) is 61.7 cm³/mol. The number of rotatable bonds is 2. The van der Waals surface area contributed by atoms with E-state index in [9.17, 15) is 17.6 Å². The largest absolute Gasteiger partial charge is 0.416 e. The third kappa shape index (κ3) is 2.90. The second kappa shape index (κ2) is 4.97. The van der Waals surface area contributed by atoms with Gasteiger partial charge >= 0.3 is 6.18 Å². The van der Waals surface area contributed by atoms with E-state index in [0.29, 0.717) is 0 Å². The maximum atomic E-state index is 13.0. The van der Waals surface area contributed by atoms with Crippen LogP contribution < -0.4 is 5.73 Å². The van der Waals surface area contributed by atoms with Crippen molar-refractivity contribution in [1.82, 2.24) is 4.98 Å². The molecule has 2 nitrogen and oxygen atoms in total. The van der Waals surface area contributed by atoms with Crippen LogP contribution in [0.1, 0.15) is 22.7 Å². The molecule has 19 heavy (non-hydrogen) atoms. The van der Waals surface area contributed by atoms with Gasteiger partial charge in [0.05, 0.1) is 17.8 Å². The molecule has 0 aliphatic carbocycles. The van der Waals surface area contributed by atoms with Crippen LogP contribution in [0.3, 0.4) is 0 Å². The highest BCUT2D eigenvalue weighted by molar-refractivity contribution is 5.37. The van der Waals surface area contributed by atoms with Crippen molar-refractivity contribution in [2.24, 2.45) is 5.73 Å². The van der Waals surface area contributed by atoms with Gasteiger partial charge in [-0.25, -0.2) is 4.39 Å². The number of aromatic nitrogens is 1. The lowest BCUT2D eigenvalue weighted by Crippen LogP contribution is -2.18. The molecule has 0 aliphatic heterocycles. The lowest BCUT2D eigenvalue weighted by Gasteiger charge is -2.18. The standard InChI is InChI=1S/C13H10F4N2/c14-9-5-8(6-19-7-9)12(18)10-3-1-2-4-11(10)13(15,16)17/h1-7,12H,18H2. The molecule has 2 aromatic rings. The molecule has 1 unspecified atom stereocenters. The van der Waals surface area contributed by atoms with Crippen LogP contribution in [0, 0.1) is 5.82 Å². The van der Waals surface area contributed by atoms with E-state index in [1.807, 2.05) is 0 Å². The number of pyridine rings is 1. The van der Waals surface area contributed by atoms with Gasteiger partial charge in [0.25, 0.3) is 0 Å². The molecule has 2 rings (SSSR count). The van der Waals surface area contributed by atoms with Gasteiger partial charge in [-0.2, -0.15) is 13.2 Å². The zero-order valence-corrected chi connectivity index (χ0v) is 9.66.